The Bertz CT molecular complexity index is 978. The summed E-state index contributed by atoms with van der Waals surface area (Å²) in [7, 11) is 0. The molecule has 0 bridgehead atoms. The van der Waals surface area contributed by atoms with Gasteiger partial charge in [0.2, 0.25) is 0 Å². The van der Waals surface area contributed by atoms with Crippen molar-refractivity contribution in [2.45, 2.75) is 31.6 Å². The van der Waals surface area contributed by atoms with E-state index in [1.54, 1.807) is 30.3 Å². The van der Waals surface area contributed by atoms with Gasteiger partial charge in [-0.1, -0.05) is 24.3 Å². The number of likely N-dealkylation sites (tertiary alicyclic amines) is 1. The lowest BCUT2D eigenvalue weighted by Gasteiger charge is -2.25. The number of amides is 1. The van der Waals surface area contributed by atoms with Crippen molar-refractivity contribution in [3.63, 3.8) is 0 Å². The van der Waals surface area contributed by atoms with Crippen LogP contribution in [0, 0.1) is 0 Å². The van der Waals surface area contributed by atoms with Crippen LogP contribution in [0.4, 0.5) is 13.2 Å². The number of carbonyl (C=O) groups excluding carboxylic acids is 1. The Labute approximate surface area is 167 Å². The maximum Gasteiger partial charge on any atom is 0.416 e. The molecule has 0 unspecified atom stereocenters. The minimum atomic E-state index is -4.38. The van der Waals surface area contributed by atoms with Crippen LogP contribution in [0.1, 0.15) is 28.8 Å². The van der Waals surface area contributed by atoms with E-state index in [9.17, 15) is 18.0 Å². The molecule has 150 valence electrons. The van der Waals surface area contributed by atoms with E-state index in [0.717, 1.165) is 38.1 Å². The highest BCUT2D eigenvalue weighted by Gasteiger charge is 2.31. The molecule has 4 rings (SSSR count). The first kappa shape index (κ1) is 19.3. The number of nitrogens with zero attached hydrogens (tertiary/aromatic N) is 2. The summed E-state index contributed by atoms with van der Waals surface area (Å²) in [6.45, 7) is 1.49. The molecule has 1 aliphatic rings. The molecule has 29 heavy (non-hydrogen) atoms. The summed E-state index contributed by atoms with van der Waals surface area (Å²) < 4.78 is 40.9. The van der Waals surface area contributed by atoms with Gasteiger partial charge in [0, 0.05) is 37.1 Å². The third-order valence-electron chi connectivity index (χ3n) is 5.38. The van der Waals surface area contributed by atoms with Gasteiger partial charge in [-0.25, -0.2) is 0 Å². The molecule has 1 atom stereocenters. The van der Waals surface area contributed by atoms with Crippen LogP contribution in [0.2, 0.25) is 0 Å². The molecule has 3 aromatic rings. The molecule has 6 heteroatoms. The zero-order valence-electron chi connectivity index (χ0n) is 15.8. The van der Waals surface area contributed by atoms with Crippen LogP contribution in [0.5, 0.6) is 0 Å². The maximum atomic E-state index is 13.0. The van der Waals surface area contributed by atoms with Gasteiger partial charge in [0.25, 0.3) is 5.91 Å². The first-order valence-corrected chi connectivity index (χ1v) is 9.61. The van der Waals surface area contributed by atoms with Gasteiger partial charge in [0.1, 0.15) is 0 Å². The molecule has 0 aliphatic carbocycles. The van der Waals surface area contributed by atoms with Crippen molar-refractivity contribution in [1.82, 2.24) is 9.47 Å². The minimum absolute atomic E-state index is 0.0322. The van der Waals surface area contributed by atoms with E-state index in [2.05, 4.69) is 4.57 Å². The highest BCUT2D eigenvalue weighted by Crippen LogP contribution is 2.32. The highest BCUT2D eigenvalue weighted by atomic mass is 19.4. The Kier molecular flexibility index (Phi) is 5.18. The molecular weight excluding hydrogens is 377 g/mol. The molecule has 0 saturated carbocycles. The third kappa shape index (κ3) is 4.21. The van der Waals surface area contributed by atoms with Crippen molar-refractivity contribution in [2.24, 2.45) is 0 Å². The molecule has 1 aromatic heterocycles. The number of hydrogen-bond acceptors (Lipinski definition) is 1. The largest absolute Gasteiger partial charge is 0.416 e. The lowest BCUT2D eigenvalue weighted by atomic mass is 10.0. The first-order chi connectivity index (χ1) is 13.9. The van der Waals surface area contributed by atoms with E-state index < -0.39 is 11.7 Å². The summed E-state index contributed by atoms with van der Waals surface area (Å²) in [6, 6.07) is 16.1. The molecule has 1 aliphatic heterocycles. The van der Waals surface area contributed by atoms with Gasteiger partial charge in [-0.3, -0.25) is 4.79 Å². The predicted molar refractivity (Wildman–Crippen MR) is 105 cm³/mol. The van der Waals surface area contributed by atoms with E-state index >= 15 is 0 Å². The number of carbonyl (C=O) groups is 1. The summed E-state index contributed by atoms with van der Waals surface area (Å²) in [5.41, 5.74) is 1.00. The Hall–Kier alpha value is -3.02. The summed E-state index contributed by atoms with van der Waals surface area (Å²) in [5.74, 6) is -0.0322. The van der Waals surface area contributed by atoms with Gasteiger partial charge in [-0.05, 0) is 60.4 Å². The number of hydrogen-bond donors (Lipinski definition) is 0. The van der Waals surface area contributed by atoms with Crippen LogP contribution >= 0.6 is 0 Å². The Morgan fingerprint density at radius 3 is 2.38 bits per heavy atom. The van der Waals surface area contributed by atoms with Crippen LogP contribution in [0.25, 0.3) is 11.1 Å². The SMILES string of the molecule is O=C(c1ccc(-c2cccc(C(F)(F)F)c2)cc1)N1CCC[C@H]1Cn1cccc1. The van der Waals surface area contributed by atoms with Crippen LogP contribution in [-0.2, 0) is 12.7 Å². The second-order valence-electron chi connectivity index (χ2n) is 7.33. The summed E-state index contributed by atoms with van der Waals surface area (Å²) >= 11 is 0. The van der Waals surface area contributed by atoms with Gasteiger partial charge in [-0.2, -0.15) is 13.2 Å². The predicted octanol–water partition coefficient (Wildman–Crippen LogP) is 5.48. The molecule has 1 amide bonds. The number of benzene rings is 2. The molecule has 0 N–H and O–H groups in total. The van der Waals surface area contributed by atoms with Gasteiger partial charge in [0.05, 0.1) is 5.56 Å². The molecule has 3 nitrogen and oxygen atoms in total. The van der Waals surface area contributed by atoms with E-state index in [1.807, 2.05) is 29.4 Å². The quantitative estimate of drug-likeness (QED) is 0.571. The van der Waals surface area contributed by atoms with Gasteiger partial charge < -0.3 is 9.47 Å². The van der Waals surface area contributed by atoms with E-state index in [-0.39, 0.29) is 11.9 Å². The van der Waals surface area contributed by atoms with Crippen LogP contribution in [0.3, 0.4) is 0 Å². The van der Waals surface area contributed by atoms with Crippen molar-refractivity contribution in [3.05, 3.63) is 84.2 Å². The number of rotatable bonds is 4. The lowest BCUT2D eigenvalue weighted by Crippen LogP contribution is -2.37. The standard InChI is InChI=1S/C23H21F3N2O/c24-23(25,26)20-6-3-5-19(15-20)17-8-10-18(11-9-17)22(29)28-14-4-7-21(28)16-27-12-1-2-13-27/h1-3,5-6,8-13,15,21H,4,7,14,16H2/t21-/m0/s1. The smallest absolute Gasteiger partial charge is 0.352 e. The summed E-state index contributed by atoms with van der Waals surface area (Å²) in [4.78, 5) is 14.9. The van der Waals surface area contributed by atoms with Crippen molar-refractivity contribution in [1.29, 1.82) is 0 Å². The molecule has 1 saturated heterocycles. The molecular formula is C23H21F3N2O. The molecule has 2 aromatic carbocycles. The fraction of sp³-hybridized carbons (Fsp3) is 0.261. The Balaban J connectivity index is 1.51. The van der Waals surface area contributed by atoms with Gasteiger partial charge >= 0.3 is 6.18 Å². The van der Waals surface area contributed by atoms with E-state index in [1.165, 1.54) is 6.07 Å². The second kappa shape index (κ2) is 7.78. The fourth-order valence-corrected chi connectivity index (χ4v) is 3.87. The zero-order chi connectivity index (χ0) is 20.4. The van der Waals surface area contributed by atoms with Gasteiger partial charge in [0.15, 0.2) is 0 Å². The van der Waals surface area contributed by atoms with Gasteiger partial charge in [-0.15, -0.1) is 0 Å². The molecule has 2 heterocycles. The minimum Gasteiger partial charge on any atom is -0.352 e. The Morgan fingerprint density at radius 2 is 1.69 bits per heavy atom. The number of aromatic nitrogens is 1. The number of alkyl halides is 3. The van der Waals surface area contributed by atoms with Crippen molar-refractivity contribution < 1.29 is 18.0 Å². The Morgan fingerprint density at radius 1 is 0.966 bits per heavy atom. The van der Waals surface area contributed by atoms with Crippen LogP contribution < -0.4 is 0 Å². The average Bonchev–Trinajstić information content (AvgIpc) is 3.40. The average molecular weight is 398 g/mol. The molecule has 1 fully saturated rings. The summed E-state index contributed by atoms with van der Waals surface area (Å²) in [5, 5.41) is 0. The first-order valence-electron chi connectivity index (χ1n) is 9.61. The summed E-state index contributed by atoms with van der Waals surface area (Å²) in [6.07, 6.45) is 1.54. The van der Waals surface area contributed by atoms with E-state index in [0.29, 0.717) is 16.7 Å². The number of halogens is 3. The van der Waals surface area contributed by atoms with Crippen molar-refractivity contribution >= 4 is 5.91 Å². The zero-order valence-corrected chi connectivity index (χ0v) is 15.8. The van der Waals surface area contributed by atoms with Crippen molar-refractivity contribution in [3.8, 4) is 11.1 Å². The topological polar surface area (TPSA) is 25.2 Å². The second-order valence-corrected chi connectivity index (χ2v) is 7.33. The van der Waals surface area contributed by atoms with Crippen molar-refractivity contribution in [2.75, 3.05) is 6.54 Å². The van der Waals surface area contributed by atoms with Crippen LogP contribution in [0.15, 0.2) is 73.1 Å². The van der Waals surface area contributed by atoms with E-state index in [4.69, 9.17) is 0 Å². The maximum absolute atomic E-state index is 13.0. The fourth-order valence-electron chi connectivity index (χ4n) is 3.87. The highest BCUT2D eigenvalue weighted by molar-refractivity contribution is 5.95. The normalized spacial score (nSPS) is 16.9. The van der Waals surface area contributed by atoms with Crippen LogP contribution in [-0.4, -0.2) is 28.0 Å². The lowest BCUT2D eigenvalue weighted by molar-refractivity contribution is -0.137. The monoisotopic (exact) mass is 398 g/mol. The third-order valence-corrected chi connectivity index (χ3v) is 5.38. The molecule has 0 spiro atoms. The molecule has 0 radical (unpaired) electrons.